The van der Waals surface area contributed by atoms with E-state index in [4.69, 9.17) is 5.73 Å². The predicted octanol–water partition coefficient (Wildman–Crippen LogP) is 3.88. The summed E-state index contributed by atoms with van der Waals surface area (Å²) in [5, 5.41) is 0.737. The average Bonchev–Trinajstić information content (AvgIpc) is 2.27. The Hall–Kier alpha value is -1.71. The number of hydrogen-bond donors (Lipinski definition) is 1. The highest BCUT2D eigenvalue weighted by atomic mass is 19.3. The number of fused-ring (bicyclic) bond motifs is 1. The van der Waals surface area contributed by atoms with Crippen molar-refractivity contribution in [2.75, 3.05) is 5.73 Å². The summed E-state index contributed by atoms with van der Waals surface area (Å²) in [4.78, 5) is 4.03. The van der Waals surface area contributed by atoms with E-state index >= 15 is 0 Å². The number of pyridine rings is 1. The van der Waals surface area contributed by atoms with Crippen LogP contribution in [-0.4, -0.2) is 4.98 Å². The fraction of sp³-hybridized carbons (Fsp3) is 0.308. The normalized spacial score (nSPS) is 11.6. The predicted molar refractivity (Wildman–Crippen MR) is 65.2 cm³/mol. The van der Waals surface area contributed by atoms with Gasteiger partial charge in [-0.2, -0.15) is 0 Å². The lowest BCUT2D eigenvalue weighted by molar-refractivity contribution is 0.146. The molecule has 90 valence electrons. The van der Waals surface area contributed by atoms with Crippen molar-refractivity contribution >= 4 is 16.6 Å². The molecule has 0 saturated carbocycles. The lowest BCUT2D eigenvalue weighted by atomic mass is 9.99. The van der Waals surface area contributed by atoms with Gasteiger partial charge in [-0.1, -0.05) is 32.0 Å². The van der Waals surface area contributed by atoms with Crippen LogP contribution in [0.2, 0.25) is 0 Å². The van der Waals surface area contributed by atoms with Gasteiger partial charge in [0.15, 0.2) is 0 Å². The molecule has 0 aliphatic rings. The number of nitrogens with two attached hydrogens (primary N) is 1. The summed E-state index contributed by atoms with van der Waals surface area (Å²) in [6.45, 7) is 4.00. The number of hydrogen-bond acceptors (Lipinski definition) is 2. The Balaban J connectivity index is 2.78. The molecule has 2 rings (SSSR count). The highest BCUT2D eigenvalue weighted by molar-refractivity contribution is 5.92. The summed E-state index contributed by atoms with van der Waals surface area (Å²) in [7, 11) is 0. The SMILES string of the molecule is CC(C)c1cccc2c(N)cc(C(F)F)nc12. The quantitative estimate of drug-likeness (QED) is 0.859. The zero-order valence-electron chi connectivity index (χ0n) is 9.74. The number of para-hydroxylation sites is 1. The van der Waals surface area contributed by atoms with Gasteiger partial charge in [0.05, 0.1) is 5.52 Å². The first-order valence-corrected chi connectivity index (χ1v) is 5.48. The fourth-order valence-corrected chi connectivity index (χ4v) is 1.90. The highest BCUT2D eigenvalue weighted by Crippen LogP contribution is 2.30. The first kappa shape index (κ1) is 11.8. The van der Waals surface area contributed by atoms with Crippen molar-refractivity contribution in [2.45, 2.75) is 26.2 Å². The van der Waals surface area contributed by atoms with Crippen molar-refractivity contribution in [3.8, 4) is 0 Å². The Morgan fingerprint density at radius 3 is 2.53 bits per heavy atom. The number of anilines is 1. The molecule has 2 aromatic rings. The summed E-state index contributed by atoms with van der Waals surface area (Å²) >= 11 is 0. The summed E-state index contributed by atoms with van der Waals surface area (Å²) in [5.74, 6) is 0.221. The van der Waals surface area contributed by atoms with Gasteiger partial charge in [0.25, 0.3) is 6.43 Å². The second-order valence-electron chi connectivity index (χ2n) is 4.34. The van der Waals surface area contributed by atoms with Gasteiger partial charge in [0.1, 0.15) is 5.69 Å². The zero-order valence-corrected chi connectivity index (χ0v) is 9.74. The van der Waals surface area contributed by atoms with E-state index in [0.717, 1.165) is 10.9 Å². The molecule has 4 heteroatoms. The molecule has 0 amide bonds. The van der Waals surface area contributed by atoms with Crippen LogP contribution in [0.4, 0.5) is 14.5 Å². The zero-order chi connectivity index (χ0) is 12.6. The molecule has 0 unspecified atom stereocenters. The Kier molecular flexibility index (Phi) is 2.96. The molecule has 0 radical (unpaired) electrons. The molecule has 1 aromatic carbocycles. The lowest BCUT2D eigenvalue weighted by Crippen LogP contribution is -1.99. The molecule has 0 bridgehead atoms. The molecule has 2 N–H and O–H groups in total. The third-order valence-electron chi connectivity index (χ3n) is 2.77. The van der Waals surface area contributed by atoms with E-state index in [1.54, 1.807) is 6.07 Å². The van der Waals surface area contributed by atoms with Crippen molar-refractivity contribution in [3.63, 3.8) is 0 Å². The molecule has 2 nitrogen and oxygen atoms in total. The number of halogens is 2. The first-order valence-electron chi connectivity index (χ1n) is 5.48. The van der Waals surface area contributed by atoms with Crippen LogP contribution in [0.5, 0.6) is 0 Å². The molecule has 0 fully saturated rings. The Bertz CT molecular complexity index is 550. The van der Waals surface area contributed by atoms with Gasteiger partial charge in [-0.25, -0.2) is 13.8 Å². The summed E-state index contributed by atoms with van der Waals surface area (Å²) in [6, 6.07) is 6.82. The van der Waals surface area contributed by atoms with E-state index in [1.165, 1.54) is 6.07 Å². The van der Waals surface area contributed by atoms with Crippen LogP contribution in [0.25, 0.3) is 10.9 Å². The number of nitrogen functional groups attached to an aromatic ring is 1. The molecular formula is C13H14F2N2. The first-order chi connectivity index (χ1) is 8.00. The molecule has 0 saturated heterocycles. The topological polar surface area (TPSA) is 38.9 Å². The van der Waals surface area contributed by atoms with Crippen LogP contribution in [0.1, 0.15) is 37.4 Å². The van der Waals surface area contributed by atoms with Crippen molar-refractivity contribution in [3.05, 3.63) is 35.5 Å². The third kappa shape index (κ3) is 2.07. The van der Waals surface area contributed by atoms with E-state index in [2.05, 4.69) is 4.98 Å². The monoisotopic (exact) mass is 236 g/mol. The Morgan fingerprint density at radius 1 is 1.24 bits per heavy atom. The number of nitrogens with zero attached hydrogens (tertiary/aromatic N) is 1. The second kappa shape index (κ2) is 4.28. The van der Waals surface area contributed by atoms with Crippen LogP contribution in [0.15, 0.2) is 24.3 Å². The maximum absolute atomic E-state index is 12.7. The minimum absolute atomic E-state index is 0.221. The number of aromatic nitrogens is 1. The van der Waals surface area contributed by atoms with Crippen LogP contribution < -0.4 is 5.73 Å². The van der Waals surface area contributed by atoms with Crippen LogP contribution in [-0.2, 0) is 0 Å². The number of rotatable bonds is 2. The van der Waals surface area contributed by atoms with Gasteiger partial charge in [-0.3, -0.25) is 0 Å². The minimum Gasteiger partial charge on any atom is -0.398 e. The van der Waals surface area contributed by atoms with Crippen LogP contribution in [0, 0.1) is 0 Å². The van der Waals surface area contributed by atoms with Crippen molar-refractivity contribution in [1.82, 2.24) is 4.98 Å². The van der Waals surface area contributed by atoms with Gasteiger partial charge in [-0.15, -0.1) is 0 Å². The van der Waals surface area contributed by atoms with Gasteiger partial charge in [0, 0.05) is 11.1 Å². The van der Waals surface area contributed by atoms with E-state index in [-0.39, 0.29) is 11.6 Å². The largest absolute Gasteiger partial charge is 0.398 e. The highest BCUT2D eigenvalue weighted by Gasteiger charge is 2.14. The second-order valence-corrected chi connectivity index (χ2v) is 4.34. The van der Waals surface area contributed by atoms with Crippen molar-refractivity contribution in [1.29, 1.82) is 0 Å². The molecule has 1 heterocycles. The van der Waals surface area contributed by atoms with Gasteiger partial charge in [-0.05, 0) is 17.5 Å². The maximum atomic E-state index is 12.7. The third-order valence-corrected chi connectivity index (χ3v) is 2.77. The van der Waals surface area contributed by atoms with E-state index in [1.807, 2.05) is 26.0 Å². The molecule has 17 heavy (non-hydrogen) atoms. The standard InChI is InChI=1S/C13H14F2N2/c1-7(2)8-4-3-5-9-10(16)6-11(13(14)15)17-12(8)9/h3-7,13H,1-2H3,(H2,16,17). The van der Waals surface area contributed by atoms with Crippen LogP contribution >= 0.6 is 0 Å². The molecule has 0 aliphatic carbocycles. The molecular weight excluding hydrogens is 222 g/mol. The summed E-state index contributed by atoms with van der Waals surface area (Å²) in [6.07, 6.45) is -2.60. The molecule has 1 aromatic heterocycles. The van der Waals surface area contributed by atoms with Gasteiger partial charge >= 0.3 is 0 Å². The average molecular weight is 236 g/mol. The van der Waals surface area contributed by atoms with Crippen LogP contribution in [0.3, 0.4) is 0 Å². The number of alkyl halides is 2. The lowest BCUT2D eigenvalue weighted by Gasteiger charge is -2.12. The summed E-state index contributed by atoms with van der Waals surface area (Å²) in [5.41, 5.74) is 7.41. The molecule has 0 atom stereocenters. The van der Waals surface area contributed by atoms with Crippen molar-refractivity contribution < 1.29 is 8.78 Å². The van der Waals surface area contributed by atoms with Gasteiger partial charge < -0.3 is 5.73 Å². The van der Waals surface area contributed by atoms with E-state index < -0.39 is 6.43 Å². The summed E-state index contributed by atoms with van der Waals surface area (Å²) < 4.78 is 25.4. The smallest absolute Gasteiger partial charge is 0.280 e. The number of benzene rings is 1. The van der Waals surface area contributed by atoms with E-state index in [0.29, 0.717) is 11.2 Å². The fourth-order valence-electron chi connectivity index (χ4n) is 1.90. The van der Waals surface area contributed by atoms with Crippen molar-refractivity contribution in [2.24, 2.45) is 0 Å². The maximum Gasteiger partial charge on any atom is 0.280 e. The van der Waals surface area contributed by atoms with Gasteiger partial charge in [0.2, 0.25) is 0 Å². The minimum atomic E-state index is -2.60. The Morgan fingerprint density at radius 2 is 1.94 bits per heavy atom. The van der Waals surface area contributed by atoms with E-state index in [9.17, 15) is 8.78 Å². The molecule has 0 spiro atoms. The molecule has 0 aliphatic heterocycles. The Labute approximate surface area is 98.5 Å².